The second-order valence-electron chi connectivity index (χ2n) is 6.42. The van der Waals surface area contributed by atoms with Gasteiger partial charge in [-0.2, -0.15) is 5.26 Å². The highest BCUT2D eigenvalue weighted by molar-refractivity contribution is 6.30. The van der Waals surface area contributed by atoms with Gasteiger partial charge in [-0.1, -0.05) is 37.9 Å². The summed E-state index contributed by atoms with van der Waals surface area (Å²) in [6.07, 6.45) is 5.44. The lowest BCUT2D eigenvalue weighted by atomic mass is 9.73. The van der Waals surface area contributed by atoms with E-state index in [2.05, 4.69) is 25.2 Å². The quantitative estimate of drug-likeness (QED) is 0.822. The number of hydrogen-bond acceptors (Lipinski definition) is 2. The highest BCUT2D eigenvalue weighted by Crippen LogP contribution is 2.37. The molecule has 0 bridgehead atoms. The molecular formula is C17H23ClN2. The van der Waals surface area contributed by atoms with Crippen LogP contribution in [0.2, 0.25) is 5.02 Å². The Morgan fingerprint density at radius 3 is 2.95 bits per heavy atom. The Balaban J connectivity index is 2.11. The molecule has 2 nitrogen and oxygen atoms in total. The van der Waals surface area contributed by atoms with Crippen molar-refractivity contribution in [2.45, 2.75) is 51.5 Å². The molecule has 108 valence electrons. The number of nitriles is 1. The molecule has 20 heavy (non-hydrogen) atoms. The van der Waals surface area contributed by atoms with Gasteiger partial charge in [-0.15, -0.1) is 0 Å². The SMILES string of the molecule is CC(C)CC1CCCC(C#N)(Nc2cccc(Cl)c2)C1. The van der Waals surface area contributed by atoms with Gasteiger partial charge >= 0.3 is 0 Å². The summed E-state index contributed by atoms with van der Waals surface area (Å²) in [4.78, 5) is 0. The fraction of sp³-hybridized carbons (Fsp3) is 0.588. The molecule has 0 aliphatic heterocycles. The lowest BCUT2D eigenvalue weighted by Gasteiger charge is -2.37. The maximum atomic E-state index is 9.68. The van der Waals surface area contributed by atoms with Gasteiger partial charge in [-0.3, -0.25) is 0 Å². The van der Waals surface area contributed by atoms with Crippen molar-refractivity contribution in [3.8, 4) is 6.07 Å². The van der Waals surface area contributed by atoms with Gasteiger partial charge in [0.25, 0.3) is 0 Å². The summed E-state index contributed by atoms with van der Waals surface area (Å²) in [6, 6.07) is 10.2. The predicted octanol–water partition coefficient (Wildman–Crippen LogP) is 5.25. The molecule has 1 aromatic rings. The molecule has 2 unspecified atom stereocenters. The van der Waals surface area contributed by atoms with Crippen molar-refractivity contribution in [2.24, 2.45) is 11.8 Å². The third-order valence-electron chi connectivity index (χ3n) is 4.08. The highest BCUT2D eigenvalue weighted by Gasteiger charge is 2.36. The summed E-state index contributed by atoms with van der Waals surface area (Å²) in [5, 5.41) is 13.8. The average Bonchev–Trinajstić information content (AvgIpc) is 2.38. The van der Waals surface area contributed by atoms with Crippen LogP contribution in [0.5, 0.6) is 0 Å². The lowest BCUT2D eigenvalue weighted by Crippen LogP contribution is -2.41. The summed E-state index contributed by atoms with van der Waals surface area (Å²) in [6.45, 7) is 4.51. The van der Waals surface area contributed by atoms with E-state index in [4.69, 9.17) is 11.6 Å². The smallest absolute Gasteiger partial charge is 0.125 e. The first-order valence-corrected chi connectivity index (χ1v) is 7.86. The second-order valence-corrected chi connectivity index (χ2v) is 6.86. The molecule has 2 rings (SSSR count). The van der Waals surface area contributed by atoms with Crippen LogP contribution in [0, 0.1) is 23.2 Å². The normalized spacial score (nSPS) is 26.2. The van der Waals surface area contributed by atoms with Gasteiger partial charge in [0.1, 0.15) is 5.54 Å². The molecule has 1 aliphatic rings. The zero-order valence-corrected chi connectivity index (χ0v) is 13.1. The van der Waals surface area contributed by atoms with Crippen molar-refractivity contribution in [1.82, 2.24) is 0 Å². The number of rotatable bonds is 4. The molecule has 1 fully saturated rings. The molecule has 0 saturated heterocycles. The van der Waals surface area contributed by atoms with Gasteiger partial charge < -0.3 is 5.32 Å². The van der Waals surface area contributed by atoms with E-state index in [1.807, 2.05) is 24.3 Å². The summed E-state index contributed by atoms with van der Waals surface area (Å²) in [5.74, 6) is 1.34. The molecule has 1 saturated carbocycles. The highest BCUT2D eigenvalue weighted by atomic mass is 35.5. The van der Waals surface area contributed by atoms with Crippen molar-refractivity contribution < 1.29 is 0 Å². The van der Waals surface area contributed by atoms with E-state index in [-0.39, 0.29) is 0 Å². The first-order valence-electron chi connectivity index (χ1n) is 7.48. The van der Waals surface area contributed by atoms with Gasteiger partial charge in [0.15, 0.2) is 0 Å². The van der Waals surface area contributed by atoms with Crippen LogP contribution in [0.4, 0.5) is 5.69 Å². The first-order chi connectivity index (χ1) is 9.53. The van der Waals surface area contributed by atoms with Crippen LogP contribution in [-0.2, 0) is 0 Å². The lowest BCUT2D eigenvalue weighted by molar-refractivity contribution is 0.254. The van der Waals surface area contributed by atoms with Crippen molar-refractivity contribution in [2.75, 3.05) is 5.32 Å². The van der Waals surface area contributed by atoms with Crippen LogP contribution < -0.4 is 5.32 Å². The van der Waals surface area contributed by atoms with E-state index in [0.29, 0.717) is 16.9 Å². The van der Waals surface area contributed by atoms with Crippen LogP contribution in [-0.4, -0.2) is 5.54 Å². The first kappa shape index (κ1) is 15.2. The van der Waals surface area contributed by atoms with E-state index in [1.54, 1.807) is 0 Å². The van der Waals surface area contributed by atoms with Crippen molar-refractivity contribution >= 4 is 17.3 Å². The van der Waals surface area contributed by atoms with Crippen molar-refractivity contribution in [3.05, 3.63) is 29.3 Å². The standard InChI is InChI=1S/C17H23ClN2/c1-13(2)9-14-5-4-8-17(11-14,12-19)20-16-7-3-6-15(18)10-16/h3,6-7,10,13-14,20H,4-5,8-9,11H2,1-2H3. The summed E-state index contributed by atoms with van der Waals surface area (Å²) in [5.41, 5.74) is 0.520. The Labute approximate surface area is 127 Å². The molecule has 1 aromatic carbocycles. The molecule has 0 radical (unpaired) electrons. The molecular weight excluding hydrogens is 268 g/mol. The minimum atomic E-state index is -0.428. The molecule has 0 aromatic heterocycles. The molecule has 0 spiro atoms. The van der Waals surface area contributed by atoms with Crippen LogP contribution in [0.25, 0.3) is 0 Å². The molecule has 2 atom stereocenters. The van der Waals surface area contributed by atoms with Gasteiger partial charge in [0, 0.05) is 10.7 Å². The van der Waals surface area contributed by atoms with Crippen LogP contribution >= 0.6 is 11.6 Å². The zero-order chi connectivity index (χ0) is 14.6. The third kappa shape index (κ3) is 3.90. The minimum absolute atomic E-state index is 0.428. The van der Waals surface area contributed by atoms with E-state index in [0.717, 1.165) is 24.9 Å². The van der Waals surface area contributed by atoms with Crippen LogP contribution in [0.1, 0.15) is 46.0 Å². The monoisotopic (exact) mass is 290 g/mol. The average molecular weight is 291 g/mol. The van der Waals surface area contributed by atoms with Crippen LogP contribution in [0.15, 0.2) is 24.3 Å². The Bertz CT molecular complexity index is 492. The number of nitrogens with zero attached hydrogens (tertiary/aromatic N) is 1. The molecule has 1 N–H and O–H groups in total. The van der Waals surface area contributed by atoms with Crippen LogP contribution in [0.3, 0.4) is 0 Å². The molecule has 1 aliphatic carbocycles. The van der Waals surface area contributed by atoms with E-state index < -0.39 is 5.54 Å². The maximum absolute atomic E-state index is 9.68. The minimum Gasteiger partial charge on any atom is -0.367 e. The largest absolute Gasteiger partial charge is 0.367 e. The van der Waals surface area contributed by atoms with Gasteiger partial charge in [0.2, 0.25) is 0 Å². The number of hydrogen-bond donors (Lipinski definition) is 1. The van der Waals surface area contributed by atoms with Crippen molar-refractivity contribution in [3.63, 3.8) is 0 Å². The molecule has 0 amide bonds. The predicted molar refractivity (Wildman–Crippen MR) is 84.8 cm³/mol. The summed E-state index contributed by atoms with van der Waals surface area (Å²) >= 11 is 6.03. The Morgan fingerprint density at radius 2 is 2.30 bits per heavy atom. The number of nitrogens with one attached hydrogen (secondary N) is 1. The topological polar surface area (TPSA) is 35.8 Å². The molecule has 0 heterocycles. The number of anilines is 1. The van der Waals surface area contributed by atoms with E-state index >= 15 is 0 Å². The van der Waals surface area contributed by atoms with Crippen molar-refractivity contribution in [1.29, 1.82) is 5.26 Å². The number of halogens is 1. The fourth-order valence-corrected chi connectivity index (χ4v) is 3.53. The Hall–Kier alpha value is -1.20. The summed E-state index contributed by atoms with van der Waals surface area (Å²) in [7, 11) is 0. The number of benzene rings is 1. The van der Waals surface area contributed by atoms with Gasteiger partial charge in [-0.25, -0.2) is 0 Å². The second kappa shape index (κ2) is 6.50. The zero-order valence-electron chi connectivity index (χ0n) is 12.3. The fourth-order valence-electron chi connectivity index (χ4n) is 3.34. The Kier molecular flexibility index (Phi) is 4.94. The van der Waals surface area contributed by atoms with E-state index in [1.165, 1.54) is 12.8 Å². The summed E-state index contributed by atoms with van der Waals surface area (Å²) < 4.78 is 0. The van der Waals surface area contributed by atoms with E-state index in [9.17, 15) is 5.26 Å². The van der Waals surface area contributed by atoms with Gasteiger partial charge in [-0.05, 0) is 55.7 Å². The Morgan fingerprint density at radius 1 is 1.50 bits per heavy atom. The third-order valence-corrected chi connectivity index (χ3v) is 4.32. The van der Waals surface area contributed by atoms with Gasteiger partial charge in [0.05, 0.1) is 6.07 Å². The maximum Gasteiger partial charge on any atom is 0.125 e. The molecule has 3 heteroatoms.